The standard InChI is InChI=1S/C16H13FN4O3S/c1-21(2)19-16(22)14-8-11-15(25-14)13(5-6-18-11)24-12-4-3-9(20-23)7-10(12)17/h3-8H,1-2H3,(H,19,22). The molecule has 1 N–H and O–H groups in total. The lowest BCUT2D eigenvalue weighted by Gasteiger charge is -2.09. The quantitative estimate of drug-likeness (QED) is 0.552. The van der Waals surface area contributed by atoms with E-state index in [-0.39, 0.29) is 17.3 Å². The van der Waals surface area contributed by atoms with Crippen molar-refractivity contribution in [2.75, 3.05) is 14.1 Å². The number of nitroso groups, excluding NO2 is 1. The Morgan fingerprint density at radius 1 is 1.28 bits per heavy atom. The highest BCUT2D eigenvalue weighted by molar-refractivity contribution is 7.21. The van der Waals surface area contributed by atoms with Gasteiger partial charge in [0.2, 0.25) is 0 Å². The number of carbonyl (C=O) groups excluding carboxylic acids is 1. The normalized spacial score (nSPS) is 10.9. The van der Waals surface area contributed by atoms with Gasteiger partial charge in [-0.15, -0.1) is 16.2 Å². The Bertz CT molecular complexity index is 958. The zero-order valence-corrected chi connectivity index (χ0v) is 14.1. The molecule has 3 rings (SSSR count). The first-order chi connectivity index (χ1) is 12.0. The molecule has 0 radical (unpaired) electrons. The molecule has 0 spiro atoms. The highest BCUT2D eigenvalue weighted by atomic mass is 32.1. The van der Waals surface area contributed by atoms with Gasteiger partial charge < -0.3 is 4.74 Å². The number of thiophene rings is 1. The smallest absolute Gasteiger partial charge is 0.275 e. The van der Waals surface area contributed by atoms with Gasteiger partial charge in [-0.3, -0.25) is 15.2 Å². The third-order valence-corrected chi connectivity index (χ3v) is 4.30. The maximum Gasteiger partial charge on any atom is 0.275 e. The first-order valence-electron chi connectivity index (χ1n) is 7.15. The summed E-state index contributed by atoms with van der Waals surface area (Å²) in [6, 6.07) is 6.89. The van der Waals surface area contributed by atoms with Crippen LogP contribution in [0, 0.1) is 10.7 Å². The average Bonchev–Trinajstić information content (AvgIpc) is 3.01. The number of fused-ring (bicyclic) bond motifs is 1. The van der Waals surface area contributed by atoms with Crippen molar-refractivity contribution in [1.82, 2.24) is 15.4 Å². The van der Waals surface area contributed by atoms with Crippen LogP contribution >= 0.6 is 11.3 Å². The molecule has 7 nitrogen and oxygen atoms in total. The molecular formula is C16H13FN4O3S. The number of hydrogen-bond donors (Lipinski definition) is 1. The molecule has 2 heterocycles. The van der Waals surface area contributed by atoms with Crippen molar-refractivity contribution in [2.45, 2.75) is 0 Å². The van der Waals surface area contributed by atoms with Gasteiger partial charge in [-0.2, -0.15) is 0 Å². The lowest BCUT2D eigenvalue weighted by Crippen LogP contribution is -2.35. The minimum absolute atomic E-state index is 0.0245. The summed E-state index contributed by atoms with van der Waals surface area (Å²) in [5.41, 5.74) is 3.19. The summed E-state index contributed by atoms with van der Waals surface area (Å²) in [5, 5.41) is 4.21. The number of pyridine rings is 1. The third-order valence-electron chi connectivity index (χ3n) is 3.17. The number of nitrogens with one attached hydrogen (secondary N) is 1. The summed E-state index contributed by atoms with van der Waals surface area (Å²) >= 11 is 1.19. The van der Waals surface area contributed by atoms with Crippen molar-refractivity contribution < 1.29 is 13.9 Å². The van der Waals surface area contributed by atoms with E-state index in [9.17, 15) is 14.1 Å². The zero-order valence-electron chi connectivity index (χ0n) is 13.3. The van der Waals surface area contributed by atoms with Crippen LogP contribution in [0.4, 0.5) is 10.1 Å². The van der Waals surface area contributed by atoms with Crippen molar-refractivity contribution in [2.24, 2.45) is 5.18 Å². The lowest BCUT2D eigenvalue weighted by molar-refractivity contribution is 0.0861. The number of hydrazine groups is 1. The second-order valence-electron chi connectivity index (χ2n) is 5.28. The maximum atomic E-state index is 14.0. The van der Waals surface area contributed by atoms with E-state index < -0.39 is 5.82 Å². The molecule has 0 atom stereocenters. The number of hydrogen-bond acceptors (Lipinski definition) is 7. The second-order valence-corrected chi connectivity index (χ2v) is 6.33. The highest BCUT2D eigenvalue weighted by Crippen LogP contribution is 2.36. The predicted octanol–water partition coefficient (Wildman–Crippen LogP) is 3.83. The van der Waals surface area contributed by atoms with E-state index in [1.807, 2.05) is 0 Å². The van der Waals surface area contributed by atoms with Gasteiger partial charge in [-0.1, -0.05) is 0 Å². The summed E-state index contributed by atoms with van der Waals surface area (Å²) in [6.45, 7) is 0. The summed E-state index contributed by atoms with van der Waals surface area (Å²) in [5.74, 6) is -0.659. The molecule has 0 fully saturated rings. The van der Waals surface area contributed by atoms with Crippen molar-refractivity contribution in [3.05, 3.63) is 52.1 Å². The predicted molar refractivity (Wildman–Crippen MR) is 92.7 cm³/mol. The van der Waals surface area contributed by atoms with Crippen LogP contribution in [-0.2, 0) is 0 Å². The monoisotopic (exact) mass is 360 g/mol. The molecule has 3 aromatic rings. The Morgan fingerprint density at radius 3 is 2.76 bits per heavy atom. The van der Waals surface area contributed by atoms with Crippen molar-refractivity contribution >= 4 is 33.1 Å². The first kappa shape index (κ1) is 16.9. The molecule has 25 heavy (non-hydrogen) atoms. The summed E-state index contributed by atoms with van der Waals surface area (Å²) in [7, 11) is 3.41. The molecule has 2 aromatic heterocycles. The van der Waals surface area contributed by atoms with Crippen LogP contribution in [0.1, 0.15) is 9.67 Å². The Labute approximate surface area is 146 Å². The highest BCUT2D eigenvalue weighted by Gasteiger charge is 2.16. The lowest BCUT2D eigenvalue weighted by atomic mass is 10.3. The Kier molecular flexibility index (Phi) is 4.68. The van der Waals surface area contributed by atoms with Crippen LogP contribution < -0.4 is 10.2 Å². The number of benzene rings is 1. The maximum absolute atomic E-state index is 14.0. The van der Waals surface area contributed by atoms with Gasteiger partial charge in [0.1, 0.15) is 11.4 Å². The average molecular weight is 360 g/mol. The molecular weight excluding hydrogens is 347 g/mol. The topological polar surface area (TPSA) is 83.9 Å². The van der Waals surface area contributed by atoms with Gasteiger partial charge >= 0.3 is 0 Å². The number of halogens is 1. The van der Waals surface area contributed by atoms with E-state index >= 15 is 0 Å². The number of amides is 1. The Balaban J connectivity index is 1.95. The van der Waals surface area contributed by atoms with E-state index in [0.29, 0.717) is 20.8 Å². The van der Waals surface area contributed by atoms with Crippen molar-refractivity contribution in [3.8, 4) is 11.5 Å². The molecule has 0 saturated carbocycles. The number of carbonyl (C=O) groups is 1. The third kappa shape index (κ3) is 3.62. The van der Waals surface area contributed by atoms with E-state index in [4.69, 9.17) is 4.74 Å². The Morgan fingerprint density at radius 2 is 2.08 bits per heavy atom. The second kappa shape index (κ2) is 6.91. The molecule has 0 aliphatic carbocycles. The van der Waals surface area contributed by atoms with Crippen molar-refractivity contribution in [1.29, 1.82) is 0 Å². The van der Waals surface area contributed by atoms with Gasteiger partial charge in [0.25, 0.3) is 5.91 Å². The summed E-state index contributed by atoms with van der Waals surface area (Å²) in [6.07, 6.45) is 1.51. The van der Waals surface area contributed by atoms with Crippen LogP contribution in [0.5, 0.6) is 11.5 Å². The molecule has 0 aliphatic heterocycles. The van der Waals surface area contributed by atoms with E-state index in [1.165, 1.54) is 34.7 Å². The van der Waals surface area contributed by atoms with Gasteiger partial charge in [0, 0.05) is 32.4 Å². The fraction of sp³-hybridized carbons (Fsp3) is 0.125. The number of nitrogens with zero attached hydrogens (tertiary/aromatic N) is 3. The molecule has 0 saturated heterocycles. The van der Waals surface area contributed by atoms with E-state index in [0.717, 1.165) is 6.07 Å². The van der Waals surface area contributed by atoms with Crippen LogP contribution in [0.3, 0.4) is 0 Å². The molecule has 1 amide bonds. The van der Waals surface area contributed by atoms with Gasteiger partial charge in [-0.05, 0) is 23.4 Å². The first-order valence-corrected chi connectivity index (χ1v) is 7.97. The minimum atomic E-state index is -0.704. The largest absolute Gasteiger partial charge is 0.453 e. The fourth-order valence-electron chi connectivity index (χ4n) is 2.11. The van der Waals surface area contributed by atoms with Gasteiger partial charge in [0.05, 0.1) is 15.1 Å². The van der Waals surface area contributed by atoms with Crippen LogP contribution in [0.25, 0.3) is 10.2 Å². The Hall–Kier alpha value is -2.91. The molecule has 1 aromatic carbocycles. The summed E-state index contributed by atoms with van der Waals surface area (Å²) in [4.78, 5) is 27.2. The molecule has 9 heteroatoms. The fourth-order valence-corrected chi connectivity index (χ4v) is 3.07. The van der Waals surface area contributed by atoms with Crippen molar-refractivity contribution in [3.63, 3.8) is 0 Å². The van der Waals surface area contributed by atoms with Crippen LogP contribution in [0.15, 0.2) is 41.7 Å². The van der Waals surface area contributed by atoms with Gasteiger partial charge in [0.15, 0.2) is 11.6 Å². The number of ether oxygens (including phenoxy) is 1. The molecule has 0 unspecified atom stereocenters. The SMILES string of the molecule is CN(C)NC(=O)c1cc2nccc(Oc3ccc(N=O)cc3F)c2s1. The van der Waals surface area contributed by atoms with E-state index in [2.05, 4.69) is 15.6 Å². The molecule has 0 bridgehead atoms. The van der Waals surface area contributed by atoms with Crippen LogP contribution in [-0.4, -0.2) is 30.0 Å². The van der Waals surface area contributed by atoms with E-state index in [1.54, 1.807) is 26.2 Å². The summed E-state index contributed by atoms with van der Waals surface area (Å²) < 4.78 is 20.2. The minimum Gasteiger partial charge on any atom is -0.453 e. The van der Waals surface area contributed by atoms with Gasteiger partial charge in [-0.25, -0.2) is 9.40 Å². The number of rotatable bonds is 5. The molecule has 0 aliphatic rings. The van der Waals surface area contributed by atoms with Crippen LogP contribution in [0.2, 0.25) is 0 Å². The zero-order chi connectivity index (χ0) is 18.0. The number of aromatic nitrogens is 1. The molecule has 128 valence electrons.